The summed E-state index contributed by atoms with van der Waals surface area (Å²) in [5, 5.41) is 15.9. The smallest absolute Gasteiger partial charge is 0.352 e. The summed E-state index contributed by atoms with van der Waals surface area (Å²) in [7, 11) is 0. The zero-order chi connectivity index (χ0) is 7.44. The molecular formula is C4H5NO4. The standard InChI is InChI=1S/C4H5NO4/c5-2(4(8)9)1-3(6)7/h1H,5H2,(H,6,7)(H,8,9)/b2-1+. The Kier molecular flexibility index (Phi) is 2.25. The van der Waals surface area contributed by atoms with Crippen LogP contribution in [0.25, 0.3) is 0 Å². The minimum atomic E-state index is -1.43. The Labute approximate surface area is 50.4 Å². The molecule has 0 aliphatic carbocycles. The highest BCUT2D eigenvalue weighted by atomic mass is 16.4. The number of carboxylic acid groups (broad SMARTS) is 2. The molecular weight excluding hydrogens is 126 g/mol. The predicted molar refractivity (Wildman–Crippen MR) is 27.5 cm³/mol. The molecule has 0 unspecified atom stereocenters. The molecule has 5 nitrogen and oxygen atoms in total. The minimum Gasteiger partial charge on any atom is -0.478 e. The first-order chi connectivity index (χ1) is 4.04. The molecule has 5 heteroatoms. The van der Waals surface area contributed by atoms with Crippen LogP contribution in [0.3, 0.4) is 0 Å². The van der Waals surface area contributed by atoms with Crippen LogP contribution in [0, 0.1) is 0 Å². The molecule has 50 valence electrons. The average Bonchev–Trinajstić information content (AvgIpc) is 1.63. The summed E-state index contributed by atoms with van der Waals surface area (Å²) in [6, 6.07) is 0. The van der Waals surface area contributed by atoms with Gasteiger partial charge in [0.2, 0.25) is 0 Å². The summed E-state index contributed by atoms with van der Waals surface area (Å²) in [4.78, 5) is 19.5. The van der Waals surface area contributed by atoms with Crippen molar-refractivity contribution in [2.75, 3.05) is 0 Å². The average molecular weight is 131 g/mol. The van der Waals surface area contributed by atoms with Gasteiger partial charge in [-0.1, -0.05) is 0 Å². The molecule has 0 amide bonds. The van der Waals surface area contributed by atoms with Crippen LogP contribution in [0.4, 0.5) is 0 Å². The molecule has 0 rings (SSSR count). The SMILES string of the molecule is N/C(=C/C(=O)O)C(=O)O. The Morgan fingerprint density at radius 1 is 1.33 bits per heavy atom. The van der Waals surface area contributed by atoms with E-state index >= 15 is 0 Å². The summed E-state index contributed by atoms with van der Waals surface area (Å²) in [5.74, 6) is -2.80. The van der Waals surface area contributed by atoms with Crippen molar-refractivity contribution in [1.82, 2.24) is 0 Å². The lowest BCUT2D eigenvalue weighted by Crippen LogP contribution is -2.11. The molecule has 0 heterocycles. The molecule has 9 heavy (non-hydrogen) atoms. The van der Waals surface area contributed by atoms with E-state index in [-0.39, 0.29) is 0 Å². The van der Waals surface area contributed by atoms with Gasteiger partial charge in [0, 0.05) is 0 Å². The van der Waals surface area contributed by atoms with Crippen LogP contribution in [-0.4, -0.2) is 22.2 Å². The summed E-state index contributed by atoms with van der Waals surface area (Å²) in [5.41, 5.74) is 4.02. The molecule has 0 aliphatic rings. The highest BCUT2D eigenvalue weighted by Gasteiger charge is 2.01. The summed E-state index contributed by atoms with van der Waals surface area (Å²) in [6.45, 7) is 0. The van der Waals surface area contributed by atoms with Gasteiger partial charge >= 0.3 is 11.9 Å². The lowest BCUT2D eigenvalue weighted by molar-refractivity contribution is -0.135. The highest BCUT2D eigenvalue weighted by molar-refractivity contribution is 5.93. The van der Waals surface area contributed by atoms with Crippen LogP contribution < -0.4 is 5.73 Å². The number of aliphatic carboxylic acids is 2. The quantitative estimate of drug-likeness (QED) is 0.417. The van der Waals surface area contributed by atoms with E-state index in [2.05, 4.69) is 0 Å². The van der Waals surface area contributed by atoms with Gasteiger partial charge in [-0.2, -0.15) is 0 Å². The van der Waals surface area contributed by atoms with Gasteiger partial charge in [0.25, 0.3) is 0 Å². The van der Waals surface area contributed by atoms with E-state index in [1.165, 1.54) is 0 Å². The maximum Gasteiger partial charge on any atom is 0.352 e. The number of nitrogens with two attached hydrogens (primary N) is 1. The summed E-state index contributed by atoms with van der Waals surface area (Å²) >= 11 is 0. The number of carboxylic acids is 2. The second-order valence-electron chi connectivity index (χ2n) is 1.24. The molecule has 0 saturated heterocycles. The number of rotatable bonds is 2. The van der Waals surface area contributed by atoms with Crippen LogP contribution >= 0.6 is 0 Å². The van der Waals surface area contributed by atoms with Crippen LogP contribution in [0.1, 0.15) is 0 Å². The number of carbonyl (C=O) groups is 2. The fraction of sp³-hybridized carbons (Fsp3) is 0. The van der Waals surface area contributed by atoms with Gasteiger partial charge in [0.1, 0.15) is 5.70 Å². The molecule has 0 spiro atoms. The van der Waals surface area contributed by atoms with Gasteiger partial charge in [0.15, 0.2) is 0 Å². The molecule has 0 bridgehead atoms. The van der Waals surface area contributed by atoms with E-state index in [9.17, 15) is 9.59 Å². The molecule has 0 radical (unpaired) electrons. The highest BCUT2D eigenvalue weighted by Crippen LogP contribution is 1.81. The van der Waals surface area contributed by atoms with Crippen LogP contribution in [0.15, 0.2) is 11.8 Å². The first kappa shape index (κ1) is 7.48. The van der Waals surface area contributed by atoms with Gasteiger partial charge in [-0.15, -0.1) is 0 Å². The Morgan fingerprint density at radius 2 is 1.78 bits per heavy atom. The van der Waals surface area contributed by atoms with E-state index in [4.69, 9.17) is 15.9 Å². The molecule has 0 fully saturated rings. The number of hydrogen-bond donors (Lipinski definition) is 3. The molecule has 0 aromatic heterocycles. The zero-order valence-electron chi connectivity index (χ0n) is 4.37. The van der Waals surface area contributed by atoms with Gasteiger partial charge in [-0.25, -0.2) is 9.59 Å². The minimum absolute atomic E-state index is 0.419. The van der Waals surface area contributed by atoms with Gasteiger partial charge in [-0.3, -0.25) is 0 Å². The monoisotopic (exact) mass is 131 g/mol. The van der Waals surface area contributed by atoms with Crippen molar-refractivity contribution < 1.29 is 19.8 Å². The van der Waals surface area contributed by atoms with Gasteiger partial charge < -0.3 is 15.9 Å². The van der Waals surface area contributed by atoms with Gasteiger partial charge in [-0.05, 0) is 0 Å². The van der Waals surface area contributed by atoms with Crippen molar-refractivity contribution in [1.29, 1.82) is 0 Å². The normalized spacial score (nSPS) is 10.9. The maximum atomic E-state index is 9.78. The second kappa shape index (κ2) is 2.71. The summed E-state index contributed by atoms with van der Waals surface area (Å²) in [6.07, 6.45) is 0.419. The Morgan fingerprint density at radius 3 is 1.89 bits per heavy atom. The molecule has 0 saturated carbocycles. The van der Waals surface area contributed by atoms with Crippen molar-refractivity contribution in [2.24, 2.45) is 5.73 Å². The van der Waals surface area contributed by atoms with E-state index < -0.39 is 17.6 Å². The zero-order valence-corrected chi connectivity index (χ0v) is 4.37. The van der Waals surface area contributed by atoms with Crippen LogP contribution in [-0.2, 0) is 9.59 Å². The third-order valence-electron chi connectivity index (χ3n) is 0.526. The number of hydrogen-bond acceptors (Lipinski definition) is 3. The van der Waals surface area contributed by atoms with Crippen molar-refractivity contribution in [3.63, 3.8) is 0 Å². The van der Waals surface area contributed by atoms with Crippen LogP contribution in [0.2, 0.25) is 0 Å². The van der Waals surface area contributed by atoms with Crippen molar-refractivity contribution in [2.45, 2.75) is 0 Å². The lowest BCUT2D eigenvalue weighted by atomic mass is 10.4. The van der Waals surface area contributed by atoms with E-state index in [0.717, 1.165) is 0 Å². The second-order valence-corrected chi connectivity index (χ2v) is 1.24. The molecule has 0 aliphatic heterocycles. The third kappa shape index (κ3) is 3.10. The largest absolute Gasteiger partial charge is 0.478 e. The summed E-state index contributed by atoms with van der Waals surface area (Å²) < 4.78 is 0. The molecule has 0 aromatic rings. The van der Waals surface area contributed by atoms with Gasteiger partial charge in [0.05, 0.1) is 6.08 Å². The topological polar surface area (TPSA) is 101 Å². The first-order valence-electron chi connectivity index (χ1n) is 1.97. The Bertz CT molecular complexity index is 171. The molecule has 0 aromatic carbocycles. The molecule has 0 atom stereocenters. The van der Waals surface area contributed by atoms with Crippen molar-refractivity contribution in [3.05, 3.63) is 11.8 Å². The Balaban J connectivity index is 4.17. The lowest BCUT2D eigenvalue weighted by Gasteiger charge is -1.86. The van der Waals surface area contributed by atoms with Crippen molar-refractivity contribution >= 4 is 11.9 Å². The first-order valence-corrected chi connectivity index (χ1v) is 1.97. The van der Waals surface area contributed by atoms with E-state index in [1.54, 1.807) is 0 Å². The fourth-order valence-corrected chi connectivity index (χ4v) is 0.195. The fourth-order valence-electron chi connectivity index (χ4n) is 0.195. The van der Waals surface area contributed by atoms with Crippen molar-refractivity contribution in [3.8, 4) is 0 Å². The van der Waals surface area contributed by atoms with E-state index in [0.29, 0.717) is 6.08 Å². The van der Waals surface area contributed by atoms with Crippen LogP contribution in [0.5, 0.6) is 0 Å². The third-order valence-corrected chi connectivity index (χ3v) is 0.526. The molecule has 4 N–H and O–H groups in total. The predicted octanol–water partition coefficient (Wildman–Crippen LogP) is -1.00. The van der Waals surface area contributed by atoms with E-state index in [1.807, 2.05) is 0 Å². The Hall–Kier alpha value is -1.52. The maximum absolute atomic E-state index is 9.78.